The number of hydrogen-bond donors (Lipinski definition) is 0. The summed E-state index contributed by atoms with van der Waals surface area (Å²) in [4.78, 5) is 10.9. The Balaban J connectivity index is 4.35. The Kier molecular flexibility index (Phi) is 4.27. The summed E-state index contributed by atoms with van der Waals surface area (Å²) in [6.07, 6.45) is 0.230. The van der Waals surface area contributed by atoms with E-state index in [0.717, 1.165) is 0 Å². The summed E-state index contributed by atoms with van der Waals surface area (Å²) in [6, 6.07) is 0. The van der Waals surface area contributed by atoms with Crippen molar-refractivity contribution >= 4 is 24.2 Å². The molecule has 6 heteroatoms. The molecule has 0 atom stereocenters. The van der Waals surface area contributed by atoms with Crippen LogP contribution in [0.15, 0.2) is 0 Å². The zero-order valence-electron chi connectivity index (χ0n) is 8.46. The second kappa shape index (κ2) is 4.34. The molecule has 0 bridgehead atoms. The van der Waals surface area contributed by atoms with Crippen molar-refractivity contribution in [2.45, 2.75) is 33.0 Å². The van der Waals surface area contributed by atoms with Crippen LogP contribution < -0.4 is 0 Å². The monoisotopic (exact) mass is 224 g/mol. The smallest absolute Gasteiger partial charge is 0.265 e. The van der Waals surface area contributed by atoms with Crippen LogP contribution in [0.4, 0.5) is 0 Å². The van der Waals surface area contributed by atoms with Crippen LogP contribution in [0.25, 0.3) is 0 Å². The summed E-state index contributed by atoms with van der Waals surface area (Å²) < 4.78 is 27.3. The van der Waals surface area contributed by atoms with Crippen molar-refractivity contribution in [2.75, 3.05) is 5.75 Å². The highest BCUT2D eigenvalue weighted by Crippen LogP contribution is 2.08. The molecule has 13 heavy (non-hydrogen) atoms. The van der Waals surface area contributed by atoms with Crippen LogP contribution >= 0.6 is 0 Å². The van der Waals surface area contributed by atoms with Gasteiger partial charge in [-0.05, 0) is 19.6 Å². The van der Waals surface area contributed by atoms with E-state index in [2.05, 4.69) is 0 Å². The van der Waals surface area contributed by atoms with Gasteiger partial charge in [-0.2, -0.15) is 8.42 Å². The van der Waals surface area contributed by atoms with E-state index >= 15 is 0 Å². The zero-order chi connectivity index (χ0) is 10.7. The molecule has 0 saturated heterocycles. The summed E-state index contributed by atoms with van der Waals surface area (Å²) in [5, 5.41) is 0. The van der Waals surface area contributed by atoms with Gasteiger partial charge < -0.3 is 3.87 Å². The topological polar surface area (TPSA) is 60.4 Å². The van der Waals surface area contributed by atoms with Gasteiger partial charge in [-0.3, -0.25) is 4.79 Å². The molecule has 0 aromatic heterocycles. The summed E-state index contributed by atoms with van der Waals surface area (Å²) in [5.74, 6) is -0.799. The van der Waals surface area contributed by atoms with Gasteiger partial charge in [0.15, 0.2) is 0 Å². The minimum Gasteiger partial charge on any atom is -0.315 e. The molecule has 0 N–H and O–H groups in total. The molecule has 0 spiro atoms. The molecule has 0 aliphatic carbocycles. The summed E-state index contributed by atoms with van der Waals surface area (Å²) in [7, 11) is -5.75. The van der Waals surface area contributed by atoms with Crippen molar-refractivity contribution in [3.63, 3.8) is 0 Å². The zero-order valence-corrected chi connectivity index (χ0v) is 10.3. The van der Waals surface area contributed by atoms with Crippen molar-refractivity contribution in [1.82, 2.24) is 0 Å². The van der Waals surface area contributed by atoms with Gasteiger partial charge in [0.25, 0.3) is 10.1 Å². The van der Waals surface area contributed by atoms with Gasteiger partial charge in [0.05, 0.1) is 0 Å². The minimum absolute atomic E-state index is 0.230. The van der Waals surface area contributed by atoms with E-state index < -0.39 is 24.2 Å². The van der Waals surface area contributed by atoms with E-state index in [1.54, 1.807) is 26.6 Å². The maximum Gasteiger partial charge on any atom is 0.265 e. The normalized spacial score (nSPS) is 12.9. The molecule has 0 fully saturated rings. The van der Waals surface area contributed by atoms with Crippen LogP contribution in [0.5, 0.6) is 0 Å². The minimum atomic E-state index is -3.64. The van der Waals surface area contributed by atoms with Crippen molar-refractivity contribution in [2.24, 2.45) is 0 Å². The molecule has 0 aromatic carbocycles. The van der Waals surface area contributed by atoms with Crippen LogP contribution in [-0.2, 0) is 18.8 Å². The lowest BCUT2D eigenvalue weighted by Crippen LogP contribution is -2.32. The van der Waals surface area contributed by atoms with Crippen LogP contribution in [0.1, 0.15) is 13.3 Å². The summed E-state index contributed by atoms with van der Waals surface area (Å²) in [6.45, 7) is 6.93. The van der Waals surface area contributed by atoms with E-state index in [4.69, 9.17) is 3.87 Å². The Hall–Kier alpha value is -0.203. The van der Waals surface area contributed by atoms with Crippen molar-refractivity contribution in [1.29, 1.82) is 0 Å². The van der Waals surface area contributed by atoms with E-state index in [1.807, 2.05) is 0 Å². The first-order chi connectivity index (χ1) is 5.66. The SMILES string of the molecule is CCC(=O)CS(=O)(=O)O[Si](C)(C)C. The number of hydrogen-bond acceptors (Lipinski definition) is 4. The third-order valence-corrected chi connectivity index (χ3v) is 4.80. The van der Waals surface area contributed by atoms with Gasteiger partial charge in [0.2, 0.25) is 8.32 Å². The fourth-order valence-corrected chi connectivity index (χ4v) is 4.59. The summed E-state index contributed by atoms with van der Waals surface area (Å²) >= 11 is 0. The highest BCUT2D eigenvalue weighted by Gasteiger charge is 2.25. The molecule has 0 amide bonds. The van der Waals surface area contributed by atoms with E-state index in [0.29, 0.717) is 0 Å². The lowest BCUT2D eigenvalue weighted by atomic mass is 10.4. The molecule has 0 unspecified atom stereocenters. The van der Waals surface area contributed by atoms with E-state index in [1.165, 1.54) is 0 Å². The molecule has 4 nitrogen and oxygen atoms in total. The largest absolute Gasteiger partial charge is 0.315 e. The average Bonchev–Trinajstić information content (AvgIpc) is 1.80. The Bertz CT molecular complexity index is 275. The number of carbonyl (C=O) groups is 1. The number of Topliss-reactive ketones (excluding diaryl/α,β-unsaturated/α-hetero) is 1. The second-order valence-corrected chi connectivity index (χ2v) is 10.1. The lowest BCUT2D eigenvalue weighted by molar-refractivity contribution is -0.116. The number of ketones is 1. The maximum absolute atomic E-state index is 11.2. The van der Waals surface area contributed by atoms with Crippen molar-refractivity contribution in [3.05, 3.63) is 0 Å². The maximum atomic E-state index is 11.2. The fraction of sp³-hybridized carbons (Fsp3) is 0.857. The molecule has 0 aliphatic heterocycles. The Morgan fingerprint density at radius 2 is 1.77 bits per heavy atom. The first kappa shape index (κ1) is 12.8. The number of rotatable bonds is 5. The van der Waals surface area contributed by atoms with Gasteiger partial charge in [0, 0.05) is 6.42 Å². The molecule has 0 aromatic rings. The quantitative estimate of drug-likeness (QED) is 0.657. The molecule has 0 heterocycles. The van der Waals surface area contributed by atoms with Crippen LogP contribution in [0, 0.1) is 0 Å². The highest BCUT2D eigenvalue weighted by molar-refractivity contribution is 7.88. The molecule has 0 radical (unpaired) electrons. The second-order valence-electron chi connectivity index (χ2n) is 3.79. The molecule has 0 saturated carbocycles. The third-order valence-electron chi connectivity index (χ3n) is 1.11. The Morgan fingerprint density at radius 1 is 1.31 bits per heavy atom. The lowest BCUT2D eigenvalue weighted by Gasteiger charge is -2.15. The molecule has 0 aliphatic rings. The van der Waals surface area contributed by atoms with E-state index in [-0.39, 0.29) is 12.2 Å². The standard InChI is InChI=1S/C7H16O4SSi/c1-5-7(8)6-12(9,10)11-13(2,3)4/h5-6H2,1-4H3. The molecular formula is C7H16O4SSi. The van der Waals surface area contributed by atoms with Crippen LogP contribution in [0.2, 0.25) is 19.6 Å². The highest BCUT2D eigenvalue weighted by atomic mass is 32.2. The summed E-state index contributed by atoms with van der Waals surface area (Å²) in [5.41, 5.74) is 0. The predicted molar refractivity (Wildman–Crippen MR) is 53.5 cm³/mol. The first-order valence-corrected chi connectivity index (χ1v) is 9.10. The predicted octanol–water partition coefficient (Wildman–Crippen LogP) is 1.15. The van der Waals surface area contributed by atoms with E-state index in [9.17, 15) is 13.2 Å². The van der Waals surface area contributed by atoms with Gasteiger partial charge in [-0.1, -0.05) is 6.92 Å². The average molecular weight is 224 g/mol. The van der Waals surface area contributed by atoms with Gasteiger partial charge in [-0.25, -0.2) is 0 Å². The number of carbonyl (C=O) groups excluding carboxylic acids is 1. The van der Waals surface area contributed by atoms with Crippen molar-refractivity contribution < 1.29 is 17.1 Å². The van der Waals surface area contributed by atoms with Gasteiger partial charge in [0.1, 0.15) is 11.5 Å². The van der Waals surface area contributed by atoms with Crippen LogP contribution in [0.3, 0.4) is 0 Å². The van der Waals surface area contributed by atoms with Gasteiger partial charge in [-0.15, -0.1) is 0 Å². The molecule has 0 rings (SSSR count). The fourth-order valence-electron chi connectivity index (χ4n) is 0.710. The van der Waals surface area contributed by atoms with Gasteiger partial charge >= 0.3 is 0 Å². The van der Waals surface area contributed by atoms with Crippen molar-refractivity contribution in [3.8, 4) is 0 Å². The first-order valence-electron chi connectivity index (χ1n) is 4.11. The van der Waals surface area contributed by atoms with Crippen LogP contribution in [-0.4, -0.2) is 28.3 Å². The molecule has 78 valence electrons. The Morgan fingerprint density at radius 3 is 2.08 bits per heavy atom. The third kappa shape index (κ3) is 6.91. The molecular weight excluding hydrogens is 208 g/mol. The Labute approximate surface area is 80.5 Å².